The third-order valence-electron chi connectivity index (χ3n) is 4.74. The van der Waals surface area contributed by atoms with Crippen LogP contribution in [0.3, 0.4) is 0 Å². The van der Waals surface area contributed by atoms with Crippen molar-refractivity contribution in [1.29, 1.82) is 0 Å². The highest BCUT2D eigenvalue weighted by Gasteiger charge is 2.31. The van der Waals surface area contributed by atoms with Crippen LogP contribution in [0.15, 0.2) is 28.7 Å². The van der Waals surface area contributed by atoms with Crippen LogP contribution < -0.4 is 5.73 Å². The molecule has 1 aromatic rings. The van der Waals surface area contributed by atoms with Gasteiger partial charge in [-0.1, -0.05) is 47.8 Å². The van der Waals surface area contributed by atoms with Crippen LogP contribution in [0, 0.1) is 5.92 Å². The van der Waals surface area contributed by atoms with E-state index in [2.05, 4.69) is 66.0 Å². The van der Waals surface area contributed by atoms with Crippen molar-refractivity contribution in [3.05, 3.63) is 34.3 Å². The molecule has 1 aliphatic rings. The average Bonchev–Trinajstić information content (AvgIpc) is 2.41. The number of halogens is 1. The fourth-order valence-corrected chi connectivity index (χ4v) is 3.94. The van der Waals surface area contributed by atoms with Crippen LogP contribution in [0.5, 0.6) is 0 Å². The quantitative estimate of drug-likeness (QED) is 0.884. The fourth-order valence-electron chi connectivity index (χ4n) is 3.68. The summed E-state index contributed by atoms with van der Waals surface area (Å²) in [5.41, 5.74) is 7.63. The Balaban J connectivity index is 2.21. The largest absolute Gasteiger partial charge is 0.326 e. The summed E-state index contributed by atoms with van der Waals surface area (Å²) in [7, 11) is 2.25. The van der Waals surface area contributed by atoms with Crippen molar-refractivity contribution in [2.45, 2.75) is 57.7 Å². The molecule has 3 heteroatoms. The van der Waals surface area contributed by atoms with Crippen molar-refractivity contribution < 1.29 is 0 Å². The Kier molecular flexibility index (Phi) is 5.65. The van der Waals surface area contributed by atoms with Crippen molar-refractivity contribution in [2.24, 2.45) is 11.7 Å². The second-order valence-electron chi connectivity index (χ2n) is 6.35. The topological polar surface area (TPSA) is 29.3 Å². The minimum atomic E-state index is 0.135. The van der Waals surface area contributed by atoms with E-state index < -0.39 is 0 Å². The Labute approximate surface area is 131 Å². The summed E-state index contributed by atoms with van der Waals surface area (Å²) in [5.74, 6) is 0.769. The van der Waals surface area contributed by atoms with Crippen LogP contribution in [0.1, 0.15) is 51.1 Å². The number of likely N-dealkylation sites (N-methyl/N-ethyl adjacent to an activating group) is 1. The van der Waals surface area contributed by atoms with Crippen LogP contribution in [0.4, 0.5) is 0 Å². The molecule has 1 saturated carbocycles. The lowest BCUT2D eigenvalue weighted by molar-refractivity contribution is 0.0859. The van der Waals surface area contributed by atoms with Gasteiger partial charge in [0.15, 0.2) is 0 Å². The van der Waals surface area contributed by atoms with Crippen LogP contribution in [0.25, 0.3) is 0 Å². The third kappa shape index (κ3) is 3.63. The molecule has 112 valence electrons. The highest BCUT2D eigenvalue weighted by molar-refractivity contribution is 9.10. The van der Waals surface area contributed by atoms with Gasteiger partial charge in [-0.2, -0.15) is 0 Å². The van der Waals surface area contributed by atoms with Gasteiger partial charge in [-0.05, 0) is 50.4 Å². The van der Waals surface area contributed by atoms with Crippen molar-refractivity contribution in [3.8, 4) is 0 Å². The third-order valence-corrected chi connectivity index (χ3v) is 5.27. The van der Waals surface area contributed by atoms with Crippen LogP contribution >= 0.6 is 15.9 Å². The number of rotatable bonds is 4. The lowest BCUT2D eigenvalue weighted by Gasteiger charge is -2.42. The van der Waals surface area contributed by atoms with Crippen molar-refractivity contribution in [3.63, 3.8) is 0 Å². The van der Waals surface area contributed by atoms with E-state index in [0.29, 0.717) is 12.1 Å². The molecule has 2 nitrogen and oxygen atoms in total. The van der Waals surface area contributed by atoms with E-state index in [0.717, 1.165) is 10.4 Å². The maximum Gasteiger partial charge on any atom is 0.0496 e. The highest BCUT2D eigenvalue weighted by atomic mass is 79.9. The number of hydrogen-bond donors (Lipinski definition) is 1. The molecule has 0 saturated heterocycles. The van der Waals surface area contributed by atoms with E-state index >= 15 is 0 Å². The van der Waals surface area contributed by atoms with Crippen molar-refractivity contribution in [1.82, 2.24) is 4.90 Å². The van der Waals surface area contributed by atoms with Gasteiger partial charge in [0.25, 0.3) is 0 Å². The van der Waals surface area contributed by atoms with Gasteiger partial charge in [-0.15, -0.1) is 0 Å². The minimum absolute atomic E-state index is 0.135. The number of nitrogens with two attached hydrogens (primary N) is 1. The van der Waals surface area contributed by atoms with E-state index in [-0.39, 0.29) is 6.04 Å². The molecular formula is C17H27BrN2. The van der Waals surface area contributed by atoms with Gasteiger partial charge in [-0.25, -0.2) is 0 Å². The van der Waals surface area contributed by atoms with E-state index in [1.54, 1.807) is 0 Å². The maximum atomic E-state index is 6.31. The molecule has 20 heavy (non-hydrogen) atoms. The molecule has 0 spiro atoms. The smallest absolute Gasteiger partial charge is 0.0496 e. The molecule has 1 aromatic carbocycles. The Morgan fingerprint density at radius 2 is 1.80 bits per heavy atom. The Morgan fingerprint density at radius 1 is 1.20 bits per heavy atom. The lowest BCUT2D eigenvalue weighted by atomic mass is 9.83. The highest BCUT2D eigenvalue weighted by Crippen LogP contribution is 2.33. The Bertz CT molecular complexity index is 416. The number of benzene rings is 1. The maximum absolute atomic E-state index is 6.31. The monoisotopic (exact) mass is 338 g/mol. The zero-order valence-corrected chi connectivity index (χ0v) is 14.4. The van der Waals surface area contributed by atoms with E-state index in [1.807, 2.05) is 0 Å². The predicted octanol–water partition coefficient (Wildman–Crippen LogP) is 4.35. The first kappa shape index (κ1) is 16.0. The molecule has 0 aliphatic heterocycles. The van der Waals surface area contributed by atoms with Gasteiger partial charge in [-0.3, -0.25) is 4.90 Å². The predicted molar refractivity (Wildman–Crippen MR) is 89.7 cm³/mol. The van der Waals surface area contributed by atoms with E-state index in [4.69, 9.17) is 5.73 Å². The molecule has 1 aliphatic carbocycles. The summed E-state index contributed by atoms with van der Waals surface area (Å²) in [5, 5.41) is 0. The fraction of sp³-hybridized carbons (Fsp3) is 0.647. The molecule has 2 N–H and O–H groups in total. The van der Waals surface area contributed by atoms with Gasteiger partial charge in [0, 0.05) is 22.6 Å². The number of nitrogens with zero attached hydrogens (tertiary/aromatic N) is 1. The summed E-state index contributed by atoms with van der Waals surface area (Å²) in [6.07, 6.45) is 5.39. The normalized spacial score (nSPS) is 26.5. The standard InChI is InChI=1S/C17H27BrN2/c1-12-6-4-5-7-16(12)20(3)17(13(2)19)14-8-10-15(18)11-9-14/h8-13,16-17H,4-7,19H2,1-3H3. The second-order valence-corrected chi connectivity index (χ2v) is 7.27. The first-order valence-electron chi connectivity index (χ1n) is 7.73. The summed E-state index contributed by atoms with van der Waals surface area (Å²) in [4.78, 5) is 2.53. The second kappa shape index (κ2) is 7.06. The first-order chi connectivity index (χ1) is 9.50. The zero-order chi connectivity index (χ0) is 14.7. The molecular weight excluding hydrogens is 312 g/mol. The lowest BCUT2D eigenvalue weighted by Crippen LogP contribution is -2.46. The molecule has 0 radical (unpaired) electrons. The Morgan fingerprint density at radius 3 is 2.35 bits per heavy atom. The van der Waals surface area contributed by atoms with Gasteiger partial charge >= 0.3 is 0 Å². The van der Waals surface area contributed by atoms with Gasteiger partial charge in [0.2, 0.25) is 0 Å². The van der Waals surface area contributed by atoms with Crippen LogP contribution in [-0.4, -0.2) is 24.0 Å². The molecule has 1 fully saturated rings. The van der Waals surface area contributed by atoms with Crippen LogP contribution in [0.2, 0.25) is 0 Å². The van der Waals surface area contributed by atoms with Gasteiger partial charge in [0.1, 0.15) is 0 Å². The van der Waals surface area contributed by atoms with Crippen molar-refractivity contribution in [2.75, 3.05) is 7.05 Å². The zero-order valence-electron chi connectivity index (χ0n) is 12.8. The Hall–Kier alpha value is -0.380. The molecule has 0 aromatic heterocycles. The minimum Gasteiger partial charge on any atom is -0.326 e. The summed E-state index contributed by atoms with van der Waals surface area (Å²) < 4.78 is 1.12. The molecule has 0 amide bonds. The SMILES string of the molecule is CC(N)C(c1ccc(Br)cc1)N(C)C1CCCCC1C. The molecule has 4 unspecified atom stereocenters. The molecule has 0 bridgehead atoms. The summed E-state index contributed by atoms with van der Waals surface area (Å²) >= 11 is 3.51. The number of hydrogen-bond acceptors (Lipinski definition) is 2. The summed E-state index contributed by atoms with van der Waals surface area (Å²) in [6, 6.07) is 9.71. The van der Waals surface area contributed by atoms with Crippen LogP contribution in [-0.2, 0) is 0 Å². The van der Waals surface area contributed by atoms with Gasteiger partial charge in [0.05, 0.1) is 0 Å². The first-order valence-corrected chi connectivity index (χ1v) is 8.53. The van der Waals surface area contributed by atoms with Crippen molar-refractivity contribution >= 4 is 15.9 Å². The molecule has 4 atom stereocenters. The van der Waals surface area contributed by atoms with Gasteiger partial charge < -0.3 is 5.73 Å². The molecule has 0 heterocycles. The molecule has 2 rings (SSSR count). The summed E-state index contributed by atoms with van der Waals surface area (Å²) in [6.45, 7) is 4.51. The van der Waals surface area contributed by atoms with E-state index in [9.17, 15) is 0 Å². The average molecular weight is 339 g/mol. The van der Waals surface area contributed by atoms with E-state index in [1.165, 1.54) is 31.2 Å².